The number of amides is 1. The van der Waals surface area contributed by atoms with Crippen LogP contribution < -0.4 is 9.64 Å². The largest absolute Gasteiger partial charge is 0.494 e. The summed E-state index contributed by atoms with van der Waals surface area (Å²) in [5.74, 6) is 0.802. The number of halogens is 1. The molecular formula is C23H25ClN2O2S. The molecule has 0 aliphatic carbocycles. The van der Waals surface area contributed by atoms with Gasteiger partial charge >= 0.3 is 0 Å². The van der Waals surface area contributed by atoms with E-state index in [0.717, 1.165) is 34.7 Å². The van der Waals surface area contributed by atoms with E-state index in [4.69, 9.17) is 21.3 Å². The molecule has 2 aromatic carbocycles. The highest BCUT2D eigenvalue weighted by atomic mass is 35.5. The molecule has 0 unspecified atom stereocenters. The molecule has 0 N–H and O–H groups in total. The third-order valence-corrected chi connectivity index (χ3v) is 5.86. The van der Waals surface area contributed by atoms with Crippen LogP contribution in [0.2, 0.25) is 5.02 Å². The molecule has 0 aliphatic rings. The van der Waals surface area contributed by atoms with Gasteiger partial charge in [0.1, 0.15) is 5.75 Å². The summed E-state index contributed by atoms with van der Waals surface area (Å²) in [6.45, 7) is 6.59. The molecule has 0 spiro atoms. The van der Waals surface area contributed by atoms with Gasteiger partial charge in [-0.3, -0.25) is 9.69 Å². The Hall–Kier alpha value is -2.37. The minimum atomic E-state index is -0.0341. The van der Waals surface area contributed by atoms with Crippen LogP contribution in [0.4, 0.5) is 10.8 Å². The van der Waals surface area contributed by atoms with Gasteiger partial charge in [0.25, 0.3) is 0 Å². The topological polar surface area (TPSA) is 42.4 Å². The Morgan fingerprint density at radius 3 is 2.45 bits per heavy atom. The van der Waals surface area contributed by atoms with E-state index < -0.39 is 0 Å². The quantitative estimate of drug-likeness (QED) is 0.392. The van der Waals surface area contributed by atoms with Gasteiger partial charge in [-0.05, 0) is 49.7 Å². The lowest BCUT2D eigenvalue weighted by Crippen LogP contribution is -2.25. The molecule has 0 bridgehead atoms. The first kappa shape index (κ1) is 21.3. The van der Waals surface area contributed by atoms with Crippen molar-refractivity contribution < 1.29 is 9.53 Å². The number of benzene rings is 2. The predicted molar refractivity (Wildman–Crippen MR) is 122 cm³/mol. The fourth-order valence-corrected chi connectivity index (χ4v) is 4.50. The maximum absolute atomic E-state index is 12.8. The van der Waals surface area contributed by atoms with Crippen molar-refractivity contribution in [2.24, 2.45) is 0 Å². The van der Waals surface area contributed by atoms with Crippen molar-refractivity contribution in [3.8, 4) is 17.0 Å². The molecule has 0 saturated carbocycles. The zero-order valence-electron chi connectivity index (χ0n) is 16.9. The highest BCUT2D eigenvalue weighted by Gasteiger charge is 2.24. The standard InChI is InChI=1S/C23H25ClN2O2S/c1-4-9-20-22(16-12-14-17(15-13-16)28-6-3)25-23(29-20)26(21(27)5-2)19-11-8-7-10-18(19)24/h7-8,10-15H,4-6,9H2,1-3H3. The van der Waals surface area contributed by atoms with Gasteiger partial charge in [0, 0.05) is 16.9 Å². The summed E-state index contributed by atoms with van der Waals surface area (Å²) in [4.78, 5) is 20.5. The molecule has 1 heterocycles. The van der Waals surface area contributed by atoms with E-state index in [-0.39, 0.29) is 5.91 Å². The number of nitrogens with zero attached hydrogens (tertiary/aromatic N) is 2. The van der Waals surface area contributed by atoms with Crippen molar-refractivity contribution in [1.82, 2.24) is 4.98 Å². The van der Waals surface area contributed by atoms with Crippen LogP contribution in [0.1, 0.15) is 38.5 Å². The lowest BCUT2D eigenvalue weighted by atomic mass is 10.1. The molecular weight excluding hydrogens is 404 g/mol. The molecule has 3 rings (SSSR count). The number of thiazole rings is 1. The van der Waals surface area contributed by atoms with Crippen molar-refractivity contribution in [2.45, 2.75) is 40.0 Å². The molecule has 152 valence electrons. The fraction of sp³-hybridized carbons (Fsp3) is 0.304. The lowest BCUT2D eigenvalue weighted by Gasteiger charge is -2.20. The number of aryl methyl sites for hydroxylation is 1. The number of hydrogen-bond donors (Lipinski definition) is 0. The van der Waals surface area contributed by atoms with Crippen LogP contribution in [-0.4, -0.2) is 17.5 Å². The fourth-order valence-electron chi connectivity index (χ4n) is 3.07. The maximum Gasteiger partial charge on any atom is 0.233 e. The predicted octanol–water partition coefficient (Wildman–Crippen LogP) is 6.89. The number of aromatic nitrogens is 1. The first-order valence-electron chi connectivity index (χ1n) is 9.89. The van der Waals surface area contributed by atoms with Crippen LogP contribution in [-0.2, 0) is 11.2 Å². The van der Waals surface area contributed by atoms with Gasteiger partial charge in [0.05, 0.1) is 23.0 Å². The van der Waals surface area contributed by atoms with Crippen molar-refractivity contribution in [3.63, 3.8) is 0 Å². The number of anilines is 2. The molecule has 1 aromatic heterocycles. The summed E-state index contributed by atoms with van der Waals surface area (Å²) >= 11 is 7.96. The zero-order valence-corrected chi connectivity index (χ0v) is 18.5. The summed E-state index contributed by atoms with van der Waals surface area (Å²) in [5.41, 5.74) is 2.59. The molecule has 0 fully saturated rings. The molecule has 0 atom stereocenters. The van der Waals surface area contributed by atoms with Crippen LogP contribution in [0, 0.1) is 0 Å². The molecule has 6 heteroatoms. The van der Waals surface area contributed by atoms with Crippen molar-refractivity contribution in [2.75, 3.05) is 11.5 Å². The summed E-state index contributed by atoms with van der Waals surface area (Å²) < 4.78 is 5.55. The molecule has 0 saturated heterocycles. The van der Waals surface area contributed by atoms with Crippen LogP contribution in [0.5, 0.6) is 5.75 Å². The molecule has 1 amide bonds. The van der Waals surface area contributed by atoms with Gasteiger partial charge in [-0.2, -0.15) is 0 Å². The highest BCUT2D eigenvalue weighted by molar-refractivity contribution is 7.16. The minimum Gasteiger partial charge on any atom is -0.494 e. The number of hydrogen-bond acceptors (Lipinski definition) is 4. The van der Waals surface area contributed by atoms with Crippen molar-refractivity contribution in [3.05, 3.63) is 58.4 Å². The Morgan fingerprint density at radius 1 is 1.10 bits per heavy atom. The zero-order chi connectivity index (χ0) is 20.8. The second-order valence-corrected chi connectivity index (χ2v) is 7.98. The van der Waals surface area contributed by atoms with Gasteiger partial charge in [0.15, 0.2) is 5.13 Å². The highest BCUT2D eigenvalue weighted by Crippen LogP contribution is 2.39. The molecule has 0 radical (unpaired) electrons. The maximum atomic E-state index is 12.8. The number of rotatable bonds is 8. The van der Waals surface area contributed by atoms with E-state index in [2.05, 4.69) is 6.92 Å². The van der Waals surface area contributed by atoms with Crippen molar-refractivity contribution >= 4 is 39.7 Å². The van der Waals surface area contributed by atoms with Crippen LogP contribution in [0.3, 0.4) is 0 Å². The Bertz CT molecular complexity index is 969. The summed E-state index contributed by atoms with van der Waals surface area (Å²) in [6.07, 6.45) is 2.27. The molecule has 4 nitrogen and oxygen atoms in total. The van der Waals surface area contributed by atoms with Gasteiger partial charge in [-0.15, -0.1) is 11.3 Å². The second-order valence-electron chi connectivity index (χ2n) is 6.51. The van der Waals surface area contributed by atoms with E-state index in [0.29, 0.717) is 28.9 Å². The Kier molecular flexibility index (Phi) is 7.29. The van der Waals surface area contributed by atoms with Gasteiger partial charge in [-0.1, -0.05) is 44.0 Å². The minimum absolute atomic E-state index is 0.0341. The Balaban J connectivity index is 2.07. The number of para-hydroxylation sites is 1. The van der Waals surface area contributed by atoms with Gasteiger partial charge in [-0.25, -0.2) is 4.98 Å². The molecule has 3 aromatic rings. The number of carbonyl (C=O) groups is 1. The van der Waals surface area contributed by atoms with Gasteiger partial charge < -0.3 is 4.74 Å². The van der Waals surface area contributed by atoms with E-state index in [9.17, 15) is 4.79 Å². The third kappa shape index (κ3) is 4.80. The summed E-state index contributed by atoms with van der Waals surface area (Å²) in [7, 11) is 0. The molecule has 29 heavy (non-hydrogen) atoms. The van der Waals surface area contributed by atoms with Crippen LogP contribution >= 0.6 is 22.9 Å². The van der Waals surface area contributed by atoms with E-state index in [1.54, 1.807) is 22.3 Å². The average molecular weight is 429 g/mol. The van der Waals surface area contributed by atoms with Crippen molar-refractivity contribution in [1.29, 1.82) is 0 Å². The lowest BCUT2D eigenvalue weighted by molar-refractivity contribution is -0.117. The smallest absolute Gasteiger partial charge is 0.233 e. The SMILES string of the molecule is CCCc1sc(N(C(=O)CC)c2ccccc2Cl)nc1-c1ccc(OCC)cc1. The summed E-state index contributed by atoms with van der Waals surface area (Å²) in [6, 6.07) is 15.3. The first-order valence-corrected chi connectivity index (χ1v) is 11.1. The van der Waals surface area contributed by atoms with E-state index in [1.807, 2.05) is 56.3 Å². The third-order valence-electron chi connectivity index (χ3n) is 4.44. The van der Waals surface area contributed by atoms with Gasteiger partial charge in [0.2, 0.25) is 5.91 Å². The van der Waals surface area contributed by atoms with Crippen LogP contribution in [0.15, 0.2) is 48.5 Å². The monoisotopic (exact) mass is 428 g/mol. The second kappa shape index (κ2) is 9.90. The number of ether oxygens (including phenoxy) is 1. The van der Waals surface area contributed by atoms with E-state index >= 15 is 0 Å². The summed E-state index contributed by atoms with van der Waals surface area (Å²) in [5, 5.41) is 1.18. The Labute approximate surface area is 181 Å². The molecule has 0 aliphatic heterocycles. The average Bonchev–Trinajstić information content (AvgIpc) is 3.14. The number of carbonyl (C=O) groups excluding carboxylic acids is 1. The van der Waals surface area contributed by atoms with E-state index in [1.165, 1.54) is 0 Å². The Morgan fingerprint density at radius 2 is 1.83 bits per heavy atom. The van der Waals surface area contributed by atoms with Crippen LogP contribution in [0.25, 0.3) is 11.3 Å². The normalized spacial score (nSPS) is 10.8. The first-order chi connectivity index (χ1) is 14.1.